The minimum absolute atomic E-state index is 0.174. The molecule has 3 aromatic rings. The predicted molar refractivity (Wildman–Crippen MR) is 98.6 cm³/mol. The van der Waals surface area contributed by atoms with Gasteiger partial charge in [-0.05, 0) is 22.8 Å². The lowest BCUT2D eigenvalue weighted by Gasteiger charge is -2.24. The van der Waals surface area contributed by atoms with Crippen molar-refractivity contribution in [3.8, 4) is 0 Å². The lowest BCUT2D eigenvalue weighted by Crippen LogP contribution is -2.33. The van der Waals surface area contributed by atoms with E-state index in [0.29, 0.717) is 0 Å². The molecule has 2 heterocycles. The number of nitrogens with zero attached hydrogens (tertiary/aromatic N) is 2. The van der Waals surface area contributed by atoms with Gasteiger partial charge in [-0.1, -0.05) is 54.6 Å². The summed E-state index contributed by atoms with van der Waals surface area (Å²) in [6.07, 6.45) is 3.08. The minimum Gasteiger partial charge on any atom is -0.371 e. The molecule has 0 amide bonds. The molecule has 1 saturated heterocycles. The lowest BCUT2D eigenvalue weighted by molar-refractivity contribution is 0.0277. The predicted octanol–water partition coefficient (Wildman–Crippen LogP) is 3.18. The molecule has 0 aliphatic carbocycles. The first kappa shape index (κ1) is 16.1. The molecule has 0 saturated carbocycles. The fraction of sp³-hybridized carbons (Fsp3) is 0.286. The second kappa shape index (κ2) is 7.64. The molecule has 4 nitrogen and oxygen atoms in total. The zero-order valence-electron chi connectivity index (χ0n) is 14.3. The maximum Gasteiger partial charge on any atom is 0.0949 e. The van der Waals surface area contributed by atoms with Crippen molar-refractivity contribution in [2.24, 2.45) is 0 Å². The highest BCUT2D eigenvalue weighted by Gasteiger charge is 2.15. The molecule has 4 heteroatoms. The van der Waals surface area contributed by atoms with Crippen LogP contribution in [0.2, 0.25) is 0 Å². The molecule has 1 aliphatic heterocycles. The first-order valence-corrected chi connectivity index (χ1v) is 8.84. The van der Waals surface area contributed by atoms with Gasteiger partial charge in [0.2, 0.25) is 0 Å². The van der Waals surface area contributed by atoms with Crippen LogP contribution < -0.4 is 5.32 Å². The van der Waals surface area contributed by atoms with Crippen LogP contribution in [0.15, 0.2) is 66.9 Å². The van der Waals surface area contributed by atoms with Gasteiger partial charge in [-0.15, -0.1) is 0 Å². The van der Waals surface area contributed by atoms with E-state index in [1.807, 2.05) is 10.7 Å². The van der Waals surface area contributed by atoms with Gasteiger partial charge in [0.15, 0.2) is 0 Å². The van der Waals surface area contributed by atoms with E-state index in [4.69, 9.17) is 9.84 Å². The Labute approximate surface area is 148 Å². The smallest absolute Gasteiger partial charge is 0.0949 e. The number of aromatic nitrogens is 2. The van der Waals surface area contributed by atoms with Crippen LogP contribution in [0.1, 0.15) is 28.5 Å². The first-order chi connectivity index (χ1) is 12.4. The summed E-state index contributed by atoms with van der Waals surface area (Å²) in [4.78, 5) is 0. The zero-order valence-corrected chi connectivity index (χ0v) is 14.3. The second-order valence-electron chi connectivity index (χ2n) is 6.47. The summed E-state index contributed by atoms with van der Waals surface area (Å²) in [6.45, 7) is 3.43. The van der Waals surface area contributed by atoms with Crippen LogP contribution in [0, 0.1) is 0 Å². The van der Waals surface area contributed by atoms with Gasteiger partial charge >= 0.3 is 0 Å². The molecule has 1 aliphatic rings. The summed E-state index contributed by atoms with van der Waals surface area (Å²) in [5.74, 6) is 0. The number of nitrogens with one attached hydrogen (secondary N) is 1. The summed E-state index contributed by atoms with van der Waals surface area (Å²) < 4.78 is 7.80. The van der Waals surface area contributed by atoms with Crippen LogP contribution >= 0.6 is 0 Å². The molecule has 2 aromatic carbocycles. The maximum absolute atomic E-state index is 5.80. The molecule has 1 N–H and O–H groups in total. The van der Waals surface area contributed by atoms with E-state index in [0.717, 1.165) is 38.4 Å². The fourth-order valence-corrected chi connectivity index (χ4v) is 3.20. The van der Waals surface area contributed by atoms with Gasteiger partial charge in [-0.3, -0.25) is 4.68 Å². The summed E-state index contributed by atoms with van der Waals surface area (Å²) in [7, 11) is 0. The van der Waals surface area contributed by atoms with Crippen molar-refractivity contribution in [2.45, 2.75) is 19.1 Å². The Morgan fingerprint density at radius 1 is 1.00 bits per heavy atom. The largest absolute Gasteiger partial charge is 0.371 e. The van der Waals surface area contributed by atoms with Crippen LogP contribution in [0.5, 0.6) is 0 Å². The minimum atomic E-state index is 0.174. The maximum atomic E-state index is 5.80. The third-order valence-electron chi connectivity index (χ3n) is 4.55. The summed E-state index contributed by atoms with van der Waals surface area (Å²) >= 11 is 0. The number of ether oxygens (including phenoxy) is 1. The molecular weight excluding hydrogens is 310 g/mol. The molecule has 1 atom stereocenters. The van der Waals surface area contributed by atoms with E-state index in [9.17, 15) is 0 Å². The van der Waals surface area contributed by atoms with Gasteiger partial charge in [0.1, 0.15) is 0 Å². The van der Waals surface area contributed by atoms with E-state index in [1.54, 1.807) is 0 Å². The number of rotatable bonds is 5. The highest BCUT2D eigenvalue weighted by atomic mass is 16.5. The molecule has 128 valence electrons. The van der Waals surface area contributed by atoms with Gasteiger partial charge in [-0.2, -0.15) is 5.10 Å². The Morgan fingerprint density at radius 3 is 2.60 bits per heavy atom. The average Bonchev–Trinajstić information content (AvgIpc) is 3.11. The van der Waals surface area contributed by atoms with E-state index >= 15 is 0 Å². The number of hydrogen-bond acceptors (Lipinski definition) is 3. The van der Waals surface area contributed by atoms with Crippen molar-refractivity contribution >= 4 is 0 Å². The molecule has 25 heavy (non-hydrogen) atoms. The highest BCUT2D eigenvalue weighted by molar-refractivity contribution is 5.27. The van der Waals surface area contributed by atoms with E-state index < -0.39 is 0 Å². The Bertz CT molecular complexity index is 790. The Morgan fingerprint density at radius 2 is 1.84 bits per heavy atom. The van der Waals surface area contributed by atoms with Crippen molar-refractivity contribution in [2.75, 3.05) is 19.7 Å². The van der Waals surface area contributed by atoms with E-state index in [2.05, 4.69) is 66.1 Å². The van der Waals surface area contributed by atoms with Crippen molar-refractivity contribution in [3.05, 3.63) is 89.2 Å². The molecule has 0 bridgehead atoms. The van der Waals surface area contributed by atoms with Crippen LogP contribution in [0.3, 0.4) is 0 Å². The molecule has 4 rings (SSSR count). The third-order valence-corrected chi connectivity index (χ3v) is 4.55. The monoisotopic (exact) mass is 333 g/mol. The average molecular weight is 333 g/mol. The summed E-state index contributed by atoms with van der Waals surface area (Å²) in [6, 6.07) is 21.2. The molecule has 1 fully saturated rings. The Balaban J connectivity index is 1.39. The normalized spacial score (nSPS) is 17.5. The number of hydrogen-bond donors (Lipinski definition) is 1. The van der Waals surface area contributed by atoms with Gasteiger partial charge in [-0.25, -0.2) is 0 Å². The van der Waals surface area contributed by atoms with Crippen molar-refractivity contribution in [1.29, 1.82) is 0 Å². The Hall–Kier alpha value is -2.43. The molecule has 1 aromatic heterocycles. The van der Waals surface area contributed by atoms with Crippen LogP contribution in [0.4, 0.5) is 0 Å². The van der Waals surface area contributed by atoms with Crippen molar-refractivity contribution in [3.63, 3.8) is 0 Å². The lowest BCUT2D eigenvalue weighted by atomic mass is 10.0. The van der Waals surface area contributed by atoms with Gasteiger partial charge in [0.05, 0.1) is 24.9 Å². The van der Waals surface area contributed by atoms with Crippen LogP contribution in [0.25, 0.3) is 0 Å². The standard InChI is InChI=1S/C21H23N3O/c1-2-4-18(5-3-1)16-24-12-10-20(23-24)14-17-6-8-19(9-7-17)21-15-22-11-13-25-21/h1-10,12,21-22H,11,13-16H2/t21-/m1/s1. The van der Waals surface area contributed by atoms with Gasteiger partial charge in [0, 0.05) is 25.7 Å². The van der Waals surface area contributed by atoms with Crippen molar-refractivity contribution in [1.82, 2.24) is 15.1 Å². The summed E-state index contributed by atoms with van der Waals surface area (Å²) in [5, 5.41) is 8.07. The van der Waals surface area contributed by atoms with Crippen LogP contribution in [-0.2, 0) is 17.7 Å². The second-order valence-corrected chi connectivity index (χ2v) is 6.47. The van der Waals surface area contributed by atoms with Crippen LogP contribution in [-0.4, -0.2) is 29.5 Å². The van der Waals surface area contributed by atoms with E-state index in [-0.39, 0.29) is 6.10 Å². The quantitative estimate of drug-likeness (QED) is 0.779. The highest BCUT2D eigenvalue weighted by Crippen LogP contribution is 2.20. The van der Waals surface area contributed by atoms with Gasteiger partial charge < -0.3 is 10.1 Å². The Kier molecular flexibility index (Phi) is 4.91. The molecular formula is C21H23N3O. The molecule has 0 unspecified atom stereocenters. The van der Waals surface area contributed by atoms with E-state index in [1.165, 1.54) is 16.7 Å². The fourth-order valence-electron chi connectivity index (χ4n) is 3.20. The molecule has 0 radical (unpaired) electrons. The summed E-state index contributed by atoms with van der Waals surface area (Å²) in [5.41, 5.74) is 4.88. The zero-order chi connectivity index (χ0) is 16.9. The SMILES string of the molecule is c1ccc(Cn2ccc(Cc3ccc([C@H]4CNCCO4)cc3)n2)cc1. The topological polar surface area (TPSA) is 39.1 Å². The van der Waals surface area contributed by atoms with Gasteiger partial charge in [0.25, 0.3) is 0 Å². The third kappa shape index (κ3) is 4.16. The molecule has 0 spiro atoms. The number of morpholine rings is 1. The number of benzene rings is 2. The van der Waals surface area contributed by atoms with Crippen molar-refractivity contribution < 1.29 is 4.74 Å². The first-order valence-electron chi connectivity index (χ1n) is 8.84.